The molecule has 0 aromatic heterocycles. The zero-order valence-corrected chi connectivity index (χ0v) is 33.9. The minimum Gasteiger partial charge on any atom is -0.504 e. The summed E-state index contributed by atoms with van der Waals surface area (Å²) in [6.45, 7) is 6.50. The first-order valence-corrected chi connectivity index (χ1v) is 19.0. The quantitative estimate of drug-likeness (QED) is 0.161. The molecule has 314 valence electrons. The Bertz CT molecular complexity index is 2360. The molecule has 2 aliphatic carbocycles. The summed E-state index contributed by atoms with van der Waals surface area (Å²) in [7, 11) is 4.87. The molecule has 4 bridgehead atoms. The van der Waals surface area contributed by atoms with Crippen molar-refractivity contribution in [3.8, 4) is 46.7 Å². The topological polar surface area (TPSA) is 218 Å². The van der Waals surface area contributed by atoms with Crippen molar-refractivity contribution in [1.29, 1.82) is 0 Å². The van der Waals surface area contributed by atoms with E-state index in [1.165, 1.54) is 37.5 Å². The number of carbonyl (C=O) groups excluding carboxylic acids is 3. The van der Waals surface area contributed by atoms with Crippen molar-refractivity contribution in [1.82, 2.24) is 4.90 Å². The number of amides is 1. The zero-order chi connectivity index (χ0) is 43.3. The number of fused-ring (bicyclic) bond motifs is 9. The van der Waals surface area contributed by atoms with Gasteiger partial charge in [0.25, 0.3) is 5.91 Å². The van der Waals surface area contributed by atoms with Gasteiger partial charge in [-0.1, -0.05) is 42.0 Å². The number of esters is 2. The number of nitrogens with zero attached hydrogens (tertiary/aromatic N) is 1. The smallest absolute Gasteiger partial charge is 0.341 e. The number of aliphatic hydroxyl groups is 2. The molecular formula is C43H42ClN3O13. The zero-order valence-electron chi connectivity index (χ0n) is 33.1. The van der Waals surface area contributed by atoms with Gasteiger partial charge in [0.1, 0.15) is 24.6 Å². The number of nitrogens with two attached hydrogens (primary N) is 1. The van der Waals surface area contributed by atoms with E-state index in [1.807, 2.05) is 0 Å². The molecule has 17 heteroatoms. The number of ether oxygens (including phenoxy) is 7. The summed E-state index contributed by atoms with van der Waals surface area (Å²) in [5, 5.41) is 36.6. The third kappa shape index (κ3) is 7.94. The van der Waals surface area contributed by atoms with Gasteiger partial charge in [0.2, 0.25) is 0 Å². The molecule has 4 heterocycles. The van der Waals surface area contributed by atoms with E-state index in [0.29, 0.717) is 0 Å². The van der Waals surface area contributed by atoms with Gasteiger partial charge in [-0.25, -0.2) is 4.79 Å². The highest BCUT2D eigenvalue weighted by atomic mass is 35.5. The number of likely N-dealkylation sites (N-methyl/N-ethyl adjacent to an activating group) is 1. The van der Waals surface area contributed by atoms with Crippen LogP contribution in [0.25, 0.3) is 0 Å². The maximum Gasteiger partial charge on any atom is 0.341 e. The summed E-state index contributed by atoms with van der Waals surface area (Å²) < 4.78 is 41.9. The summed E-state index contributed by atoms with van der Waals surface area (Å²) >= 11 is 6.70. The van der Waals surface area contributed by atoms with Gasteiger partial charge in [0.05, 0.1) is 47.0 Å². The lowest BCUT2D eigenvalue weighted by Crippen LogP contribution is -2.68. The summed E-state index contributed by atoms with van der Waals surface area (Å²) in [5.74, 6) is 8.83. The number of benzene rings is 2. The maximum absolute atomic E-state index is 14.1. The molecule has 8 atom stereocenters. The largest absolute Gasteiger partial charge is 0.504 e. The van der Waals surface area contributed by atoms with Gasteiger partial charge in [0, 0.05) is 23.8 Å². The molecule has 1 fully saturated rings. The van der Waals surface area contributed by atoms with Crippen molar-refractivity contribution in [2.24, 2.45) is 5.73 Å². The number of allylic oxidation sites excluding steroid dienone is 3. The van der Waals surface area contributed by atoms with Crippen molar-refractivity contribution in [2.75, 3.05) is 33.1 Å². The molecule has 16 nitrogen and oxygen atoms in total. The summed E-state index contributed by atoms with van der Waals surface area (Å²) in [4.78, 5) is 41.6. The molecule has 4 unspecified atom stereocenters. The molecule has 8 rings (SSSR count). The predicted molar refractivity (Wildman–Crippen MR) is 214 cm³/mol. The van der Waals surface area contributed by atoms with Gasteiger partial charge >= 0.3 is 11.9 Å². The Balaban J connectivity index is 1.34. The first-order valence-electron chi connectivity index (χ1n) is 18.6. The number of rotatable bonds is 6. The maximum atomic E-state index is 14.1. The number of phenols is 1. The number of hydrogen-bond acceptors (Lipinski definition) is 15. The average Bonchev–Trinajstić information content (AvgIpc) is 3.60. The van der Waals surface area contributed by atoms with Gasteiger partial charge < -0.3 is 64.4 Å². The van der Waals surface area contributed by atoms with E-state index in [9.17, 15) is 29.7 Å². The van der Waals surface area contributed by atoms with Crippen LogP contribution < -0.4 is 25.3 Å². The standard InChI is InChI=1S/C43H42ClN3O13/c1-21-39(52)46-34-26(17-25(54-6)18-30(34)56-21)40(53)57-31-20-55-33(49)19-28(45)23-15-27(44)37(29(48)16-23)58-32-11-7-9-22(31)12-13-24-10-8-14-43(24,32)60-41-36(51)35(50)38(47(4)5)42(2,3)59-41/h8-10,14-18,28,31-32,35-36,38,41,48,50-51H,1,19-20,45H2,2-6H3,(H,46,52)/t28-,31-,32+,35?,36?,38?,41?,43+/m0/s1. The fourth-order valence-corrected chi connectivity index (χ4v) is 7.88. The van der Waals surface area contributed by atoms with Gasteiger partial charge in [0.15, 0.2) is 47.1 Å². The SMILES string of the molecule is C=C1Oc2cc(OC)cc(C(=O)O[C@H]3COC(=O)C[C@H](N)c4cc(O)c(c(Cl)c4)O[C@@H]4C#CC=C3C#CC3=CC=C[C@@]34OC3OC(C)(C)C(N(C)C)C(O)C3O)c2NC1=O. The third-order valence-electron chi connectivity index (χ3n) is 10.5. The molecule has 2 aromatic rings. The van der Waals surface area contributed by atoms with Gasteiger partial charge in [-0.05, 0) is 69.8 Å². The Morgan fingerprint density at radius 1 is 1.13 bits per heavy atom. The highest BCUT2D eigenvalue weighted by Gasteiger charge is 2.55. The molecule has 4 aliphatic heterocycles. The lowest BCUT2D eigenvalue weighted by atomic mass is 9.85. The molecular weight excluding hydrogens is 802 g/mol. The highest BCUT2D eigenvalue weighted by molar-refractivity contribution is 6.32. The molecule has 1 saturated heterocycles. The number of aliphatic hydroxyl groups excluding tert-OH is 2. The van der Waals surface area contributed by atoms with Crippen molar-refractivity contribution in [3.63, 3.8) is 0 Å². The van der Waals surface area contributed by atoms with Crippen LogP contribution in [0.5, 0.6) is 23.0 Å². The monoisotopic (exact) mass is 843 g/mol. The third-order valence-corrected chi connectivity index (χ3v) is 10.8. The van der Waals surface area contributed by atoms with Crippen molar-refractivity contribution >= 4 is 35.1 Å². The van der Waals surface area contributed by atoms with Crippen LogP contribution in [0.3, 0.4) is 0 Å². The van der Waals surface area contributed by atoms with Gasteiger partial charge in [-0.2, -0.15) is 0 Å². The fourth-order valence-electron chi connectivity index (χ4n) is 7.61. The predicted octanol–water partition coefficient (Wildman–Crippen LogP) is 2.80. The van der Waals surface area contributed by atoms with E-state index in [2.05, 4.69) is 35.6 Å². The fraction of sp³-hybridized carbons (Fsp3) is 0.372. The van der Waals surface area contributed by atoms with Crippen LogP contribution in [0.1, 0.15) is 42.2 Å². The number of methoxy groups -OCH3 is 1. The molecule has 6 N–H and O–H groups in total. The Hall–Kier alpha value is -5.82. The molecule has 0 saturated carbocycles. The van der Waals surface area contributed by atoms with E-state index in [4.69, 9.17) is 50.5 Å². The van der Waals surface area contributed by atoms with Crippen LogP contribution in [0, 0.1) is 23.7 Å². The molecule has 0 radical (unpaired) electrons. The number of carbonyl (C=O) groups is 3. The summed E-state index contributed by atoms with van der Waals surface area (Å²) in [6.07, 6.45) is -1.46. The molecule has 2 aromatic carbocycles. The second-order valence-corrected chi connectivity index (χ2v) is 15.6. The molecule has 6 aliphatic rings. The first kappa shape index (κ1) is 42.3. The van der Waals surface area contributed by atoms with Crippen LogP contribution in [0.2, 0.25) is 5.02 Å². The molecule has 1 amide bonds. The molecule has 60 heavy (non-hydrogen) atoms. The Morgan fingerprint density at radius 3 is 2.62 bits per heavy atom. The number of hydrogen-bond donors (Lipinski definition) is 5. The van der Waals surface area contributed by atoms with E-state index in [0.717, 1.165) is 0 Å². The Kier molecular flexibility index (Phi) is 11.5. The van der Waals surface area contributed by atoms with Crippen molar-refractivity contribution in [3.05, 3.63) is 88.2 Å². The van der Waals surface area contributed by atoms with Crippen LogP contribution in [-0.4, -0.2) is 114 Å². The lowest BCUT2D eigenvalue weighted by molar-refractivity contribution is -0.329. The van der Waals surface area contributed by atoms with E-state index in [1.54, 1.807) is 51.1 Å². The first-order chi connectivity index (χ1) is 28.4. The van der Waals surface area contributed by atoms with E-state index >= 15 is 0 Å². The molecule has 0 spiro atoms. The number of nitrogens with one attached hydrogen (secondary N) is 1. The average molecular weight is 844 g/mol. The van der Waals surface area contributed by atoms with E-state index < -0.39 is 84.2 Å². The van der Waals surface area contributed by atoms with Crippen LogP contribution >= 0.6 is 11.6 Å². The second kappa shape index (κ2) is 16.3. The van der Waals surface area contributed by atoms with Crippen LogP contribution in [0.4, 0.5) is 5.69 Å². The van der Waals surface area contributed by atoms with Crippen molar-refractivity contribution in [2.45, 2.75) is 74.3 Å². The Morgan fingerprint density at radius 2 is 1.90 bits per heavy atom. The summed E-state index contributed by atoms with van der Waals surface area (Å²) in [5.41, 5.74) is 3.86. The normalized spacial score (nSPS) is 29.0. The van der Waals surface area contributed by atoms with Gasteiger partial charge in [-0.15, -0.1) is 0 Å². The number of aromatic hydroxyl groups is 1. The van der Waals surface area contributed by atoms with Crippen LogP contribution in [0.15, 0.2) is 72.1 Å². The second-order valence-electron chi connectivity index (χ2n) is 15.2. The van der Waals surface area contributed by atoms with Crippen molar-refractivity contribution < 1.29 is 62.9 Å². The van der Waals surface area contributed by atoms with Crippen LogP contribution in [-0.2, 0) is 28.5 Å². The minimum atomic E-state index is -1.80. The number of phenolic OH excluding ortho intramolecular Hbond substituents is 1. The number of anilines is 1. The Labute approximate surface area is 350 Å². The van der Waals surface area contributed by atoms with E-state index in [-0.39, 0.29) is 62.4 Å². The van der Waals surface area contributed by atoms with Gasteiger partial charge in [-0.3, -0.25) is 9.59 Å². The minimum absolute atomic E-state index is 0.0160. The summed E-state index contributed by atoms with van der Waals surface area (Å²) in [6, 6.07) is 3.83. The highest BCUT2D eigenvalue weighted by Crippen LogP contribution is 2.44. The lowest BCUT2D eigenvalue weighted by Gasteiger charge is -2.51. The number of halogens is 1.